The van der Waals surface area contributed by atoms with Crippen molar-refractivity contribution < 1.29 is 9.18 Å². The van der Waals surface area contributed by atoms with Crippen molar-refractivity contribution in [1.82, 2.24) is 9.88 Å². The number of aromatic nitrogens is 1. The standard InChI is InChI=1S/C17H20FN3OS/c18-13-6-3-7-14-15(13)19-17(23-14)21-10-8-20(9-11-21)16(22)12-4-1-2-5-12/h3,6-7,12H,1-2,4-5,8-11H2. The fourth-order valence-corrected chi connectivity index (χ4v) is 4.62. The van der Waals surface area contributed by atoms with Gasteiger partial charge in [-0.1, -0.05) is 30.2 Å². The lowest BCUT2D eigenvalue weighted by Gasteiger charge is -2.35. The Hall–Kier alpha value is -1.69. The van der Waals surface area contributed by atoms with Gasteiger partial charge in [0.1, 0.15) is 11.3 Å². The number of piperazine rings is 1. The highest BCUT2D eigenvalue weighted by Gasteiger charge is 2.30. The van der Waals surface area contributed by atoms with Gasteiger partial charge in [-0.05, 0) is 25.0 Å². The van der Waals surface area contributed by atoms with Gasteiger partial charge in [0.25, 0.3) is 0 Å². The first-order valence-electron chi connectivity index (χ1n) is 8.31. The van der Waals surface area contributed by atoms with Crippen LogP contribution in [0.3, 0.4) is 0 Å². The lowest BCUT2D eigenvalue weighted by atomic mass is 10.1. The molecule has 2 heterocycles. The summed E-state index contributed by atoms with van der Waals surface area (Å²) in [7, 11) is 0. The molecule has 1 aliphatic heterocycles. The van der Waals surface area contributed by atoms with E-state index < -0.39 is 0 Å². The van der Waals surface area contributed by atoms with Crippen molar-refractivity contribution in [2.24, 2.45) is 5.92 Å². The van der Waals surface area contributed by atoms with Crippen molar-refractivity contribution in [1.29, 1.82) is 0 Å². The van der Waals surface area contributed by atoms with Gasteiger partial charge in [-0.15, -0.1) is 0 Å². The maximum atomic E-state index is 13.8. The summed E-state index contributed by atoms with van der Waals surface area (Å²) in [5, 5.41) is 0.859. The third-order valence-electron chi connectivity index (χ3n) is 4.92. The molecule has 1 aromatic heterocycles. The number of hydrogen-bond donors (Lipinski definition) is 0. The zero-order valence-electron chi connectivity index (χ0n) is 13.0. The largest absolute Gasteiger partial charge is 0.345 e. The quantitative estimate of drug-likeness (QED) is 0.846. The summed E-state index contributed by atoms with van der Waals surface area (Å²) in [6, 6.07) is 5.07. The molecule has 2 fully saturated rings. The summed E-state index contributed by atoms with van der Waals surface area (Å²) in [5.41, 5.74) is 0.456. The third kappa shape index (κ3) is 2.80. The summed E-state index contributed by atoms with van der Waals surface area (Å²) in [4.78, 5) is 21.1. The van der Waals surface area contributed by atoms with Gasteiger partial charge < -0.3 is 9.80 Å². The molecule has 2 aliphatic rings. The average Bonchev–Trinajstić information content (AvgIpc) is 3.24. The zero-order chi connectivity index (χ0) is 15.8. The van der Waals surface area contributed by atoms with Gasteiger partial charge in [-0.2, -0.15) is 0 Å². The van der Waals surface area contributed by atoms with Crippen LogP contribution in [0.4, 0.5) is 9.52 Å². The molecule has 1 saturated carbocycles. The number of amides is 1. The first kappa shape index (κ1) is 14.9. The van der Waals surface area contributed by atoms with Gasteiger partial charge in [0.15, 0.2) is 5.13 Å². The summed E-state index contributed by atoms with van der Waals surface area (Å²) >= 11 is 1.52. The first-order valence-corrected chi connectivity index (χ1v) is 9.13. The molecule has 0 N–H and O–H groups in total. The predicted octanol–water partition coefficient (Wildman–Crippen LogP) is 3.27. The molecule has 0 atom stereocenters. The van der Waals surface area contributed by atoms with Gasteiger partial charge in [0.2, 0.25) is 5.91 Å². The number of anilines is 1. The molecule has 4 nitrogen and oxygen atoms in total. The normalized spacial score (nSPS) is 19.7. The van der Waals surface area contributed by atoms with Crippen LogP contribution in [0, 0.1) is 11.7 Å². The minimum absolute atomic E-state index is 0.248. The maximum Gasteiger partial charge on any atom is 0.225 e. The maximum absolute atomic E-state index is 13.8. The number of hydrogen-bond acceptors (Lipinski definition) is 4. The van der Waals surface area contributed by atoms with E-state index in [1.807, 2.05) is 11.0 Å². The second kappa shape index (κ2) is 6.07. The number of fused-ring (bicyclic) bond motifs is 1. The average molecular weight is 333 g/mol. The number of halogens is 1. The molecule has 1 amide bonds. The van der Waals surface area contributed by atoms with Gasteiger partial charge in [0, 0.05) is 32.1 Å². The SMILES string of the molecule is O=C(C1CCCC1)N1CCN(c2nc3c(F)cccc3s2)CC1. The number of thiazole rings is 1. The second-order valence-corrected chi connectivity index (χ2v) is 7.39. The van der Waals surface area contributed by atoms with Crippen LogP contribution in [0.2, 0.25) is 0 Å². The van der Waals surface area contributed by atoms with Crippen LogP contribution in [0.25, 0.3) is 10.2 Å². The van der Waals surface area contributed by atoms with E-state index in [9.17, 15) is 9.18 Å². The molecule has 6 heteroatoms. The molecule has 122 valence electrons. The Labute approximate surface area is 138 Å². The van der Waals surface area contributed by atoms with E-state index >= 15 is 0 Å². The topological polar surface area (TPSA) is 36.4 Å². The fourth-order valence-electron chi connectivity index (χ4n) is 3.59. The number of carbonyl (C=O) groups is 1. The number of rotatable bonds is 2. The Morgan fingerprint density at radius 3 is 2.61 bits per heavy atom. The van der Waals surface area contributed by atoms with E-state index in [0.29, 0.717) is 11.4 Å². The summed E-state index contributed by atoms with van der Waals surface area (Å²) in [6.07, 6.45) is 4.48. The Kier molecular flexibility index (Phi) is 3.93. The summed E-state index contributed by atoms with van der Waals surface area (Å²) in [6.45, 7) is 3.04. The van der Waals surface area contributed by atoms with Crippen LogP contribution < -0.4 is 4.90 Å². The van der Waals surface area contributed by atoms with Crippen molar-refractivity contribution in [2.45, 2.75) is 25.7 Å². The molecular formula is C17H20FN3OS. The van der Waals surface area contributed by atoms with Crippen LogP contribution in [0.15, 0.2) is 18.2 Å². The van der Waals surface area contributed by atoms with Gasteiger partial charge in [-0.3, -0.25) is 4.79 Å². The molecular weight excluding hydrogens is 313 g/mol. The van der Waals surface area contributed by atoms with E-state index in [2.05, 4.69) is 9.88 Å². The van der Waals surface area contributed by atoms with E-state index in [1.54, 1.807) is 6.07 Å². The zero-order valence-corrected chi connectivity index (χ0v) is 13.8. The highest BCUT2D eigenvalue weighted by Crippen LogP contribution is 2.31. The summed E-state index contributed by atoms with van der Waals surface area (Å²) in [5.74, 6) is 0.315. The van der Waals surface area contributed by atoms with Crippen LogP contribution in [0.1, 0.15) is 25.7 Å². The third-order valence-corrected chi connectivity index (χ3v) is 6.01. The monoisotopic (exact) mass is 333 g/mol. The Morgan fingerprint density at radius 2 is 1.91 bits per heavy atom. The molecule has 2 aromatic rings. The van der Waals surface area contributed by atoms with Crippen LogP contribution in [0.5, 0.6) is 0 Å². The number of para-hydroxylation sites is 1. The van der Waals surface area contributed by atoms with E-state index in [1.165, 1.54) is 30.2 Å². The second-order valence-electron chi connectivity index (χ2n) is 6.38. The minimum Gasteiger partial charge on any atom is -0.345 e. The number of carbonyl (C=O) groups excluding carboxylic acids is 1. The highest BCUT2D eigenvalue weighted by atomic mass is 32.1. The lowest BCUT2D eigenvalue weighted by molar-refractivity contribution is -0.135. The molecule has 1 aliphatic carbocycles. The predicted molar refractivity (Wildman–Crippen MR) is 90.3 cm³/mol. The van der Waals surface area contributed by atoms with Crippen molar-refractivity contribution >= 4 is 32.6 Å². The molecule has 4 rings (SSSR count). The molecule has 0 unspecified atom stereocenters. The molecule has 0 radical (unpaired) electrons. The van der Waals surface area contributed by atoms with Crippen LogP contribution in [-0.4, -0.2) is 42.0 Å². The van der Waals surface area contributed by atoms with E-state index in [4.69, 9.17) is 0 Å². The summed E-state index contributed by atoms with van der Waals surface area (Å²) < 4.78 is 14.7. The Morgan fingerprint density at radius 1 is 1.17 bits per heavy atom. The van der Waals surface area contributed by atoms with Crippen molar-refractivity contribution in [3.05, 3.63) is 24.0 Å². The Balaban J connectivity index is 1.44. The van der Waals surface area contributed by atoms with Gasteiger partial charge in [-0.25, -0.2) is 9.37 Å². The fraction of sp³-hybridized carbons (Fsp3) is 0.529. The van der Waals surface area contributed by atoms with Crippen LogP contribution >= 0.6 is 11.3 Å². The van der Waals surface area contributed by atoms with Gasteiger partial charge in [0.05, 0.1) is 4.70 Å². The van der Waals surface area contributed by atoms with E-state index in [0.717, 1.165) is 48.9 Å². The lowest BCUT2D eigenvalue weighted by Crippen LogP contribution is -2.50. The Bertz CT molecular complexity index is 718. The molecule has 0 spiro atoms. The van der Waals surface area contributed by atoms with Crippen LogP contribution in [-0.2, 0) is 4.79 Å². The highest BCUT2D eigenvalue weighted by molar-refractivity contribution is 7.22. The molecule has 23 heavy (non-hydrogen) atoms. The van der Waals surface area contributed by atoms with Crippen molar-refractivity contribution in [3.8, 4) is 0 Å². The first-order chi connectivity index (χ1) is 11.2. The number of benzene rings is 1. The number of nitrogens with zero attached hydrogens (tertiary/aromatic N) is 3. The van der Waals surface area contributed by atoms with E-state index in [-0.39, 0.29) is 11.7 Å². The molecule has 1 aromatic carbocycles. The van der Waals surface area contributed by atoms with Gasteiger partial charge >= 0.3 is 0 Å². The molecule has 0 bridgehead atoms. The smallest absolute Gasteiger partial charge is 0.225 e. The van der Waals surface area contributed by atoms with Crippen molar-refractivity contribution in [3.63, 3.8) is 0 Å². The van der Waals surface area contributed by atoms with Crippen molar-refractivity contribution in [2.75, 3.05) is 31.1 Å². The minimum atomic E-state index is -0.264. The molecule has 1 saturated heterocycles.